The number of nitrogens with zero attached hydrogens (tertiary/aromatic N) is 1. The number of halogens is 2. The second-order valence-electron chi connectivity index (χ2n) is 9.14. The summed E-state index contributed by atoms with van der Waals surface area (Å²) in [7, 11) is 1.58. The number of amides is 2. The molecule has 2 aromatic carbocycles. The molecule has 2 aliphatic rings. The molecule has 176 valence electrons. The first-order valence-electron chi connectivity index (χ1n) is 11.3. The van der Waals surface area contributed by atoms with Crippen molar-refractivity contribution in [2.24, 2.45) is 0 Å². The fraction of sp³-hybridized carbons (Fsp3) is 0.440. The molecule has 4 rings (SSSR count). The summed E-state index contributed by atoms with van der Waals surface area (Å²) >= 11 is 12.2. The summed E-state index contributed by atoms with van der Waals surface area (Å²) in [6.07, 6.45) is 5.72. The predicted molar refractivity (Wildman–Crippen MR) is 133 cm³/mol. The third kappa shape index (κ3) is 4.78. The molecule has 2 N–H and O–H groups in total. The summed E-state index contributed by atoms with van der Waals surface area (Å²) in [6.45, 7) is 3.33. The molecule has 2 bridgehead atoms. The normalized spacial score (nSPS) is 19.8. The van der Waals surface area contributed by atoms with Gasteiger partial charge in [-0.1, -0.05) is 29.3 Å². The highest BCUT2D eigenvalue weighted by Gasteiger charge is 2.39. The summed E-state index contributed by atoms with van der Waals surface area (Å²) in [5.41, 5.74) is 0.566. The van der Waals surface area contributed by atoms with E-state index in [0.29, 0.717) is 39.1 Å². The van der Waals surface area contributed by atoms with E-state index in [-0.39, 0.29) is 11.8 Å². The molecule has 0 saturated carbocycles. The molecule has 2 amide bonds. The van der Waals surface area contributed by atoms with Crippen molar-refractivity contribution in [1.29, 1.82) is 0 Å². The topological polar surface area (TPSA) is 70.7 Å². The van der Waals surface area contributed by atoms with E-state index in [0.717, 1.165) is 31.4 Å². The molecule has 2 unspecified atom stereocenters. The largest absolute Gasteiger partial charge is 0.476 e. The van der Waals surface area contributed by atoms with Gasteiger partial charge in [-0.25, -0.2) is 0 Å². The average molecular weight is 490 g/mol. The first-order chi connectivity index (χ1) is 15.7. The van der Waals surface area contributed by atoms with E-state index in [1.165, 1.54) is 6.42 Å². The second kappa shape index (κ2) is 9.43. The number of hydrogen-bond donors (Lipinski definition) is 2. The van der Waals surface area contributed by atoms with Gasteiger partial charge in [0.15, 0.2) is 5.60 Å². The Hall–Kier alpha value is -2.44. The lowest BCUT2D eigenvalue weighted by molar-refractivity contribution is -0.128. The van der Waals surface area contributed by atoms with Crippen molar-refractivity contribution < 1.29 is 14.3 Å². The Labute approximate surface area is 204 Å². The van der Waals surface area contributed by atoms with Crippen LogP contribution in [0.15, 0.2) is 36.4 Å². The van der Waals surface area contributed by atoms with E-state index >= 15 is 0 Å². The molecule has 2 saturated heterocycles. The van der Waals surface area contributed by atoms with Gasteiger partial charge >= 0.3 is 0 Å². The van der Waals surface area contributed by atoms with Crippen LogP contribution in [0.25, 0.3) is 0 Å². The third-order valence-electron chi connectivity index (χ3n) is 6.53. The summed E-state index contributed by atoms with van der Waals surface area (Å²) in [4.78, 5) is 28.5. The number of para-hydroxylation sites is 1. The van der Waals surface area contributed by atoms with Crippen LogP contribution in [0.4, 0.5) is 11.4 Å². The predicted octanol–water partition coefficient (Wildman–Crippen LogP) is 5.67. The SMILES string of the molecule is CNC(=O)c1cccc(N2C3CCCC2CC3)c1NC(=O)C(C)(C)Oc1ccc(Cl)cc1Cl. The number of nitrogens with one attached hydrogen (secondary N) is 2. The molecule has 8 heteroatoms. The van der Waals surface area contributed by atoms with Crippen LogP contribution < -0.4 is 20.3 Å². The number of carbonyl (C=O) groups is 2. The van der Waals surface area contributed by atoms with Crippen LogP contribution in [0.1, 0.15) is 56.3 Å². The monoisotopic (exact) mass is 489 g/mol. The van der Waals surface area contributed by atoms with Gasteiger partial charge in [0.2, 0.25) is 0 Å². The van der Waals surface area contributed by atoms with Crippen LogP contribution in [0.5, 0.6) is 5.75 Å². The molecule has 33 heavy (non-hydrogen) atoms. The fourth-order valence-corrected chi connectivity index (χ4v) is 5.31. The van der Waals surface area contributed by atoms with Gasteiger partial charge < -0.3 is 20.3 Å². The molecular formula is C25H29Cl2N3O3. The maximum atomic E-state index is 13.4. The van der Waals surface area contributed by atoms with Crippen LogP contribution in [0, 0.1) is 0 Å². The molecule has 2 atom stereocenters. The zero-order valence-corrected chi connectivity index (χ0v) is 20.6. The number of carbonyl (C=O) groups excluding carboxylic acids is 2. The van der Waals surface area contributed by atoms with E-state index in [1.54, 1.807) is 45.2 Å². The van der Waals surface area contributed by atoms with Crippen molar-refractivity contribution in [3.05, 3.63) is 52.0 Å². The Kier molecular flexibility index (Phi) is 6.78. The number of anilines is 2. The number of rotatable bonds is 6. The maximum absolute atomic E-state index is 13.4. The van der Waals surface area contributed by atoms with E-state index in [2.05, 4.69) is 15.5 Å². The van der Waals surface area contributed by atoms with Crippen molar-refractivity contribution in [2.45, 2.75) is 63.6 Å². The highest BCUT2D eigenvalue weighted by atomic mass is 35.5. The Morgan fingerprint density at radius 1 is 1.06 bits per heavy atom. The number of hydrogen-bond acceptors (Lipinski definition) is 4. The minimum Gasteiger partial charge on any atom is -0.476 e. The molecule has 0 radical (unpaired) electrons. The minimum absolute atomic E-state index is 0.254. The van der Waals surface area contributed by atoms with E-state index in [4.69, 9.17) is 27.9 Å². The van der Waals surface area contributed by atoms with Gasteiger partial charge in [-0.2, -0.15) is 0 Å². The van der Waals surface area contributed by atoms with Crippen LogP contribution in [0.3, 0.4) is 0 Å². The van der Waals surface area contributed by atoms with E-state index in [9.17, 15) is 9.59 Å². The quantitative estimate of drug-likeness (QED) is 0.548. The molecule has 2 aliphatic heterocycles. The fourth-order valence-electron chi connectivity index (χ4n) is 4.86. The van der Waals surface area contributed by atoms with Crippen molar-refractivity contribution >= 4 is 46.4 Å². The van der Waals surface area contributed by atoms with E-state index < -0.39 is 5.60 Å². The van der Waals surface area contributed by atoms with Gasteiger partial charge in [0.1, 0.15) is 5.75 Å². The van der Waals surface area contributed by atoms with Gasteiger partial charge in [0.25, 0.3) is 11.8 Å². The molecule has 0 spiro atoms. The molecule has 2 heterocycles. The molecular weight excluding hydrogens is 461 g/mol. The molecule has 0 aliphatic carbocycles. The summed E-state index contributed by atoms with van der Waals surface area (Å²) in [5.74, 6) is -0.276. The summed E-state index contributed by atoms with van der Waals surface area (Å²) < 4.78 is 5.97. The zero-order valence-electron chi connectivity index (χ0n) is 19.1. The molecule has 2 aromatic rings. The van der Waals surface area contributed by atoms with Crippen LogP contribution >= 0.6 is 23.2 Å². The highest BCUT2D eigenvalue weighted by molar-refractivity contribution is 6.35. The van der Waals surface area contributed by atoms with Crippen molar-refractivity contribution in [1.82, 2.24) is 5.32 Å². The second-order valence-corrected chi connectivity index (χ2v) is 9.99. The highest BCUT2D eigenvalue weighted by Crippen LogP contribution is 2.43. The van der Waals surface area contributed by atoms with Crippen molar-refractivity contribution in [3.63, 3.8) is 0 Å². The van der Waals surface area contributed by atoms with Gasteiger partial charge in [0.05, 0.1) is 22.0 Å². The minimum atomic E-state index is -1.26. The molecule has 6 nitrogen and oxygen atoms in total. The lowest BCUT2D eigenvalue weighted by Crippen LogP contribution is -2.44. The number of ether oxygens (including phenoxy) is 1. The van der Waals surface area contributed by atoms with Crippen LogP contribution in [-0.2, 0) is 4.79 Å². The maximum Gasteiger partial charge on any atom is 0.268 e. The summed E-state index contributed by atoms with van der Waals surface area (Å²) in [5, 5.41) is 6.50. The number of fused-ring (bicyclic) bond motifs is 2. The lowest BCUT2D eigenvalue weighted by Gasteiger charge is -2.38. The van der Waals surface area contributed by atoms with E-state index in [1.807, 2.05) is 12.1 Å². The summed E-state index contributed by atoms with van der Waals surface area (Å²) in [6, 6.07) is 11.3. The third-order valence-corrected chi connectivity index (χ3v) is 7.06. The zero-order chi connectivity index (χ0) is 23.8. The van der Waals surface area contributed by atoms with Gasteiger partial charge in [-0.3, -0.25) is 9.59 Å². The Balaban J connectivity index is 1.67. The number of benzene rings is 2. The van der Waals surface area contributed by atoms with Crippen LogP contribution in [-0.4, -0.2) is 36.5 Å². The van der Waals surface area contributed by atoms with Crippen LogP contribution in [0.2, 0.25) is 10.0 Å². The van der Waals surface area contributed by atoms with Crippen molar-refractivity contribution in [2.75, 3.05) is 17.3 Å². The molecule has 0 aromatic heterocycles. The Morgan fingerprint density at radius 3 is 2.39 bits per heavy atom. The lowest BCUT2D eigenvalue weighted by atomic mass is 9.99. The average Bonchev–Trinajstić information content (AvgIpc) is 3.02. The number of piperidine rings is 1. The Bertz CT molecular complexity index is 1060. The standard InChI is InChI=1S/C25H29Cl2N3O3/c1-25(2,33-21-13-10-15(26)14-19(21)27)24(32)29-22-18(23(31)28-3)8-5-9-20(22)30-16-6-4-7-17(30)12-11-16/h5,8-10,13-14,16-17H,4,6-7,11-12H2,1-3H3,(H,28,31)(H,29,32). The first kappa shape index (κ1) is 23.7. The van der Waals surface area contributed by atoms with Gasteiger partial charge in [0, 0.05) is 24.2 Å². The molecule has 2 fully saturated rings. The van der Waals surface area contributed by atoms with Gasteiger partial charge in [-0.15, -0.1) is 0 Å². The van der Waals surface area contributed by atoms with Gasteiger partial charge in [-0.05, 0) is 76.3 Å². The van der Waals surface area contributed by atoms with Crippen molar-refractivity contribution in [3.8, 4) is 5.75 Å². The Morgan fingerprint density at radius 2 is 1.76 bits per heavy atom. The first-order valence-corrected chi connectivity index (χ1v) is 12.1. The smallest absolute Gasteiger partial charge is 0.268 e.